The van der Waals surface area contributed by atoms with E-state index in [4.69, 9.17) is 11.6 Å². The quantitative estimate of drug-likeness (QED) is 0.617. The average molecular weight is 289 g/mol. The van der Waals surface area contributed by atoms with E-state index in [1.54, 1.807) is 11.8 Å². The average Bonchev–Trinajstić information content (AvgIpc) is 2.38. The Kier molecular flexibility index (Phi) is 6.90. The van der Waals surface area contributed by atoms with Gasteiger partial charge < -0.3 is 10.1 Å². The molecular weight excluding hydrogens is 272 g/mol. The van der Waals surface area contributed by atoms with Gasteiger partial charge in [-0.3, -0.25) is 4.79 Å². The fourth-order valence-electron chi connectivity index (χ4n) is 1.29. The number of halogens is 1. The van der Waals surface area contributed by atoms with Crippen LogP contribution in [-0.2, 0) is 15.3 Å². The molecule has 1 N–H and O–H groups in total. The van der Waals surface area contributed by atoms with E-state index >= 15 is 0 Å². The van der Waals surface area contributed by atoms with Crippen molar-refractivity contribution in [3.63, 3.8) is 0 Å². The predicted octanol–water partition coefficient (Wildman–Crippen LogP) is 2.96. The highest BCUT2D eigenvalue weighted by Crippen LogP contribution is 2.21. The van der Waals surface area contributed by atoms with E-state index in [-0.39, 0.29) is 5.97 Å². The number of carbonyl (C=O) groups excluding carboxylic acids is 1. The van der Waals surface area contributed by atoms with Crippen molar-refractivity contribution in [2.24, 2.45) is 0 Å². The van der Waals surface area contributed by atoms with Gasteiger partial charge in [0.15, 0.2) is 0 Å². The van der Waals surface area contributed by atoms with Gasteiger partial charge in [0.2, 0.25) is 0 Å². The molecule has 0 fully saturated rings. The Bertz CT molecular complexity index is 402. The molecule has 0 unspecified atom stereocenters. The van der Waals surface area contributed by atoms with Crippen LogP contribution in [0.4, 0.5) is 5.82 Å². The molecule has 0 saturated carbocycles. The van der Waals surface area contributed by atoms with Gasteiger partial charge in [0.1, 0.15) is 5.82 Å². The molecule has 0 atom stereocenters. The van der Waals surface area contributed by atoms with E-state index in [1.807, 2.05) is 19.1 Å². The Morgan fingerprint density at radius 1 is 1.56 bits per heavy atom. The number of carbonyl (C=O) groups is 1. The number of esters is 1. The number of nitrogens with zero attached hydrogens (tertiary/aromatic N) is 1. The highest BCUT2D eigenvalue weighted by molar-refractivity contribution is 7.98. The van der Waals surface area contributed by atoms with Crippen molar-refractivity contribution in [1.29, 1.82) is 0 Å². The maximum Gasteiger partial charge on any atom is 0.306 e. The molecule has 1 aromatic rings. The molecule has 6 heteroatoms. The number of hydrogen-bond acceptors (Lipinski definition) is 5. The zero-order chi connectivity index (χ0) is 13.4. The van der Waals surface area contributed by atoms with Crippen molar-refractivity contribution < 1.29 is 9.53 Å². The number of pyridine rings is 1. The maximum atomic E-state index is 10.9. The fourth-order valence-corrected chi connectivity index (χ4v) is 2.41. The van der Waals surface area contributed by atoms with Crippen LogP contribution in [0.3, 0.4) is 0 Å². The highest BCUT2D eigenvalue weighted by Gasteiger charge is 2.05. The lowest BCUT2D eigenvalue weighted by Gasteiger charge is -2.07. The predicted molar refractivity (Wildman–Crippen MR) is 76.2 cm³/mol. The standard InChI is InChI=1S/C12H17ClN2O2S/c1-3-14-11-5-4-9(13)10(15-11)8-18-7-6-12(16)17-2/h4-5H,3,6-8H2,1-2H3,(H,14,15). The number of nitrogens with one attached hydrogen (secondary N) is 1. The Morgan fingerprint density at radius 3 is 3.00 bits per heavy atom. The summed E-state index contributed by atoms with van der Waals surface area (Å²) in [4.78, 5) is 15.4. The Labute approximate surface area is 116 Å². The fraction of sp³-hybridized carbons (Fsp3) is 0.500. The largest absolute Gasteiger partial charge is 0.469 e. The lowest BCUT2D eigenvalue weighted by molar-refractivity contribution is -0.140. The lowest BCUT2D eigenvalue weighted by atomic mass is 10.3. The van der Waals surface area contributed by atoms with Gasteiger partial charge in [-0.2, -0.15) is 11.8 Å². The van der Waals surface area contributed by atoms with Gasteiger partial charge in [-0.05, 0) is 19.1 Å². The lowest BCUT2D eigenvalue weighted by Crippen LogP contribution is -2.03. The normalized spacial score (nSPS) is 10.2. The minimum Gasteiger partial charge on any atom is -0.469 e. The molecule has 18 heavy (non-hydrogen) atoms. The topological polar surface area (TPSA) is 51.2 Å². The van der Waals surface area contributed by atoms with Crippen LogP contribution in [0.25, 0.3) is 0 Å². The molecule has 4 nitrogen and oxygen atoms in total. The first-order valence-electron chi connectivity index (χ1n) is 5.71. The van der Waals surface area contributed by atoms with Gasteiger partial charge in [-0.25, -0.2) is 4.98 Å². The summed E-state index contributed by atoms with van der Waals surface area (Å²) in [5.41, 5.74) is 0.838. The van der Waals surface area contributed by atoms with Crippen molar-refractivity contribution in [2.45, 2.75) is 19.1 Å². The molecule has 0 radical (unpaired) electrons. The van der Waals surface area contributed by atoms with Crippen molar-refractivity contribution in [3.05, 3.63) is 22.8 Å². The first-order chi connectivity index (χ1) is 8.67. The number of anilines is 1. The number of thioether (sulfide) groups is 1. The SMILES string of the molecule is CCNc1ccc(Cl)c(CSCCC(=O)OC)n1. The third-order valence-corrected chi connectivity index (χ3v) is 3.51. The van der Waals surface area contributed by atoms with Crippen LogP contribution < -0.4 is 5.32 Å². The molecule has 0 aromatic carbocycles. The zero-order valence-corrected chi connectivity index (χ0v) is 12.1. The summed E-state index contributed by atoms with van der Waals surface area (Å²) in [7, 11) is 1.39. The van der Waals surface area contributed by atoms with Crippen LogP contribution in [0.5, 0.6) is 0 Å². The van der Waals surface area contributed by atoms with E-state index in [2.05, 4.69) is 15.0 Å². The molecule has 1 heterocycles. The van der Waals surface area contributed by atoms with Gasteiger partial charge in [0.25, 0.3) is 0 Å². The van der Waals surface area contributed by atoms with E-state index in [0.717, 1.165) is 18.1 Å². The highest BCUT2D eigenvalue weighted by atomic mass is 35.5. The monoisotopic (exact) mass is 288 g/mol. The van der Waals surface area contributed by atoms with Crippen LogP contribution in [0.2, 0.25) is 5.02 Å². The van der Waals surface area contributed by atoms with Crippen LogP contribution in [0.15, 0.2) is 12.1 Å². The first kappa shape index (κ1) is 15.1. The van der Waals surface area contributed by atoms with E-state index < -0.39 is 0 Å². The Hall–Kier alpha value is -0.940. The second kappa shape index (κ2) is 8.21. The Balaban J connectivity index is 2.45. The van der Waals surface area contributed by atoms with Crippen molar-refractivity contribution in [2.75, 3.05) is 24.7 Å². The van der Waals surface area contributed by atoms with Crippen LogP contribution in [-0.4, -0.2) is 30.4 Å². The summed E-state index contributed by atoms with van der Waals surface area (Å²) >= 11 is 7.69. The minimum absolute atomic E-state index is 0.192. The summed E-state index contributed by atoms with van der Waals surface area (Å²) < 4.78 is 4.57. The smallest absolute Gasteiger partial charge is 0.306 e. The van der Waals surface area contributed by atoms with Gasteiger partial charge >= 0.3 is 5.97 Å². The third kappa shape index (κ3) is 5.14. The molecule has 0 aliphatic carbocycles. The number of ether oxygens (including phenoxy) is 1. The summed E-state index contributed by atoms with van der Waals surface area (Å²) in [5.74, 6) is 2.03. The first-order valence-corrected chi connectivity index (χ1v) is 7.24. The molecule has 0 spiro atoms. The van der Waals surface area contributed by atoms with E-state index in [0.29, 0.717) is 22.9 Å². The van der Waals surface area contributed by atoms with E-state index in [9.17, 15) is 4.79 Å². The number of methoxy groups -OCH3 is 1. The summed E-state index contributed by atoms with van der Waals surface area (Å²) in [6.07, 6.45) is 0.408. The molecule has 0 aliphatic heterocycles. The molecule has 0 aliphatic rings. The second-order valence-corrected chi connectivity index (χ2v) is 5.05. The van der Waals surface area contributed by atoms with Crippen molar-refractivity contribution >= 4 is 35.1 Å². The van der Waals surface area contributed by atoms with Crippen molar-refractivity contribution in [1.82, 2.24) is 4.98 Å². The van der Waals surface area contributed by atoms with Gasteiger partial charge in [0, 0.05) is 18.1 Å². The molecule has 1 aromatic heterocycles. The van der Waals surface area contributed by atoms with Gasteiger partial charge in [-0.15, -0.1) is 0 Å². The second-order valence-electron chi connectivity index (χ2n) is 3.53. The van der Waals surface area contributed by atoms with Crippen LogP contribution in [0.1, 0.15) is 19.0 Å². The number of hydrogen-bond donors (Lipinski definition) is 1. The van der Waals surface area contributed by atoms with Crippen molar-refractivity contribution in [3.8, 4) is 0 Å². The molecular formula is C12H17ClN2O2S. The summed E-state index contributed by atoms with van der Waals surface area (Å²) in [5, 5.41) is 3.79. The minimum atomic E-state index is -0.192. The summed E-state index contributed by atoms with van der Waals surface area (Å²) in [6.45, 7) is 2.84. The van der Waals surface area contributed by atoms with Crippen LogP contribution in [0, 0.1) is 0 Å². The van der Waals surface area contributed by atoms with Gasteiger partial charge in [-0.1, -0.05) is 11.6 Å². The Morgan fingerprint density at radius 2 is 2.33 bits per heavy atom. The zero-order valence-electron chi connectivity index (χ0n) is 10.5. The number of rotatable bonds is 7. The molecule has 0 saturated heterocycles. The summed E-state index contributed by atoms with van der Waals surface area (Å²) in [6, 6.07) is 3.69. The molecule has 0 amide bonds. The number of aromatic nitrogens is 1. The van der Waals surface area contributed by atoms with Crippen LogP contribution >= 0.6 is 23.4 Å². The van der Waals surface area contributed by atoms with E-state index in [1.165, 1.54) is 7.11 Å². The third-order valence-electron chi connectivity index (χ3n) is 2.19. The van der Waals surface area contributed by atoms with Gasteiger partial charge in [0.05, 0.1) is 24.2 Å². The maximum absolute atomic E-state index is 10.9. The molecule has 100 valence electrons. The molecule has 0 bridgehead atoms. The molecule has 1 rings (SSSR count).